The Bertz CT molecular complexity index is 479. The first kappa shape index (κ1) is 9.97. The zero-order valence-electron chi connectivity index (χ0n) is 7.55. The highest BCUT2D eigenvalue weighted by atomic mass is 28.5. The van der Waals surface area contributed by atoms with Gasteiger partial charge in [0.2, 0.25) is 0 Å². The summed E-state index contributed by atoms with van der Waals surface area (Å²) in [5.41, 5.74) is 0.386. The Morgan fingerprint density at radius 3 is 2.53 bits per heavy atom. The summed E-state index contributed by atoms with van der Waals surface area (Å²) in [7, 11) is -5.81. The van der Waals surface area contributed by atoms with Crippen LogP contribution in [0.15, 0.2) is 36.5 Å². The molecule has 15 heavy (non-hydrogen) atoms. The first-order chi connectivity index (χ1) is 7.06. The average Bonchev–Trinajstić information content (AvgIpc) is 2.16. The van der Waals surface area contributed by atoms with Crippen molar-refractivity contribution < 1.29 is 12.3 Å². The number of pyridine rings is 1. The fourth-order valence-corrected chi connectivity index (χ4v) is 1.86. The zero-order chi connectivity index (χ0) is 10.9. The molecule has 6 heteroatoms. The van der Waals surface area contributed by atoms with Gasteiger partial charge in [-0.25, -0.2) is 12.3 Å². The second-order valence-electron chi connectivity index (χ2n) is 3.00. The molecule has 2 aromatic rings. The molecule has 0 radical (unpaired) electrons. The molecule has 0 fully saturated rings. The van der Waals surface area contributed by atoms with Crippen molar-refractivity contribution in [2.24, 2.45) is 0 Å². The highest BCUT2D eigenvalue weighted by molar-refractivity contribution is 6.62. The van der Waals surface area contributed by atoms with Crippen LogP contribution < -0.4 is 4.98 Å². The molecule has 0 aliphatic carbocycles. The van der Waals surface area contributed by atoms with Gasteiger partial charge in [-0.05, 0) is 12.1 Å². The third-order valence-electron chi connectivity index (χ3n) is 1.91. The molecule has 1 heterocycles. The maximum Gasteiger partial charge on any atom is 0.751 e. The number of aromatic nitrogens is 1. The Morgan fingerprint density at radius 1 is 1.07 bits per heavy atom. The summed E-state index contributed by atoms with van der Waals surface area (Å²) < 4.78 is 36.8. The van der Waals surface area contributed by atoms with Crippen molar-refractivity contribution in [3.63, 3.8) is 0 Å². The van der Waals surface area contributed by atoms with Crippen molar-refractivity contribution >= 4 is 25.8 Å². The minimum absolute atomic E-state index is 0.0345. The predicted octanol–water partition coefficient (Wildman–Crippen LogP) is 2.99. The standard InChI is InChI=1S/C9H7F3N2Si/c10-15(11,12)14-8-5-1-3-7-4-2-6-13-9(7)8/h1-6,14H. The van der Waals surface area contributed by atoms with Gasteiger partial charge >= 0.3 is 9.24 Å². The van der Waals surface area contributed by atoms with E-state index in [0.717, 1.165) is 0 Å². The summed E-state index contributed by atoms with van der Waals surface area (Å²) >= 11 is 0. The molecule has 0 amide bonds. The Morgan fingerprint density at radius 2 is 1.80 bits per heavy atom. The Labute approximate surface area is 85.4 Å². The van der Waals surface area contributed by atoms with Gasteiger partial charge in [0.1, 0.15) is 0 Å². The maximum absolute atomic E-state index is 12.3. The lowest BCUT2D eigenvalue weighted by Crippen LogP contribution is -2.28. The van der Waals surface area contributed by atoms with Gasteiger partial charge in [0.25, 0.3) is 0 Å². The number of para-hydroxylation sites is 1. The minimum Gasteiger partial charge on any atom is -0.332 e. The van der Waals surface area contributed by atoms with Crippen LogP contribution in [0.25, 0.3) is 10.9 Å². The van der Waals surface area contributed by atoms with Gasteiger partial charge in [0.15, 0.2) is 0 Å². The SMILES string of the molecule is F[Si](F)(F)Nc1cccc2cccnc12. The van der Waals surface area contributed by atoms with Crippen LogP contribution in [0.3, 0.4) is 0 Å². The van der Waals surface area contributed by atoms with Crippen LogP contribution in [0.4, 0.5) is 18.0 Å². The van der Waals surface area contributed by atoms with Crippen molar-refractivity contribution in [3.8, 4) is 0 Å². The van der Waals surface area contributed by atoms with Gasteiger partial charge in [-0.3, -0.25) is 4.98 Å². The van der Waals surface area contributed by atoms with Gasteiger partial charge < -0.3 is 4.98 Å². The molecular formula is C9H7F3N2Si. The molecule has 0 aliphatic heterocycles. The summed E-state index contributed by atoms with van der Waals surface area (Å²) in [6, 6.07) is 8.11. The molecule has 0 spiro atoms. The van der Waals surface area contributed by atoms with Crippen molar-refractivity contribution in [3.05, 3.63) is 36.5 Å². The molecule has 78 valence electrons. The first-order valence-corrected chi connectivity index (χ1v) is 5.88. The van der Waals surface area contributed by atoms with Crippen LogP contribution in [0.2, 0.25) is 0 Å². The molecule has 0 unspecified atom stereocenters. The van der Waals surface area contributed by atoms with Gasteiger partial charge in [-0.1, -0.05) is 18.2 Å². The number of hydrogen-bond acceptors (Lipinski definition) is 2. The van der Waals surface area contributed by atoms with Crippen molar-refractivity contribution in [2.45, 2.75) is 0 Å². The van der Waals surface area contributed by atoms with Crippen molar-refractivity contribution in [1.29, 1.82) is 0 Å². The van der Waals surface area contributed by atoms with E-state index in [1.807, 2.05) is 0 Å². The van der Waals surface area contributed by atoms with E-state index in [9.17, 15) is 12.3 Å². The Balaban J connectivity index is 2.52. The minimum atomic E-state index is -5.81. The van der Waals surface area contributed by atoms with E-state index in [1.54, 1.807) is 29.2 Å². The third kappa shape index (κ3) is 2.27. The van der Waals surface area contributed by atoms with Crippen LogP contribution in [0.5, 0.6) is 0 Å². The number of halogens is 3. The number of hydrogen-bond donors (Lipinski definition) is 1. The van der Waals surface area contributed by atoms with E-state index >= 15 is 0 Å². The van der Waals surface area contributed by atoms with E-state index < -0.39 is 9.24 Å². The number of rotatable bonds is 2. The fourth-order valence-electron chi connectivity index (χ4n) is 1.36. The molecule has 0 bridgehead atoms. The lowest BCUT2D eigenvalue weighted by atomic mass is 10.2. The van der Waals surface area contributed by atoms with Crippen LogP contribution in [-0.2, 0) is 0 Å². The van der Waals surface area contributed by atoms with E-state index in [-0.39, 0.29) is 5.69 Å². The molecule has 1 aromatic heterocycles. The fraction of sp³-hybridized carbons (Fsp3) is 0. The molecule has 2 nitrogen and oxygen atoms in total. The van der Waals surface area contributed by atoms with Crippen molar-refractivity contribution in [1.82, 2.24) is 4.98 Å². The number of nitrogens with one attached hydrogen (secondary N) is 1. The van der Waals surface area contributed by atoms with E-state index in [4.69, 9.17) is 0 Å². The van der Waals surface area contributed by atoms with Gasteiger partial charge in [-0.15, -0.1) is 0 Å². The number of fused-ring (bicyclic) bond motifs is 1. The molecule has 0 atom stereocenters. The van der Waals surface area contributed by atoms with Crippen LogP contribution in [0, 0.1) is 0 Å². The Kier molecular flexibility index (Phi) is 2.35. The zero-order valence-corrected chi connectivity index (χ0v) is 8.55. The first-order valence-electron chi connectivity index (χ1n) is 4.25. The molecule has 1 aromatic carbocycles. The van der Waals surface area contributed by atoms with E-state index in [2.05, 4.69) is 4.98 Å². The van der Waals surface area contributed by atoms with Crippen molar-refractivity contribution in [2.75, 3.05) is 4.98 Å². The second kappa shape index (κ2) is 3.54. The second-order valence-corrected chi connectivity index (χ2v) is 4.25. The third-order valence-corrected chi connectivity index (χ3v) is 2.46. The summed E-state index contributed by atoms with van der Waals surface area (Å²) in [6.07, 6.45) is 1.48. The summed E-state index contributed by atoms with van der Waals surface area (Å²) in [6.45, 7) is 0. The predicted molar refractivity (Wildman–Crippen MR) is 54.4 cm³/mol. The molecule has 2 rings (SSSR count). The molecule has 0 saturated heterocycles. The molecule has 0 saturated carbocycles. The average molecular weight is 228 g/mol. The summed E-state index contributed by atoms with van der Waals surface area (Å²) in [5.74, 6) is 0. The van der Waals surface area contributed by atoms with Gasteiger partial charge in [0, 0.05) is 11.6 Å². The number of nitrogens with zero attached hydrogens (tertiary/aromatic N) is 1. The molecule has 0 aliphatic rings. The number of anilines is 1. The van der Waals surface area contributed by atoms with E-state index in [0.29, 0.717) is 10.9 Å². The van der Waals surface area contributed by atoms with E-state index in [1.165, 1.54) is 12.3 Å². The summed E-state index contributed by atoms with van der Waals surface area (Å²) in [5, 5.41) is 0.695. The topological polar surface area (TPSA) is 24.9 Å². The monoisotopic (exact) mass is 228 g/mol. The Hall–Kier alpha value is -1.56. The molecule has 1 N–H and O–H groups in total. The van der Waals surface area contributed by atoms with Gasteiger partial charge in [0.05, 0.1) is 11.2 Å². The van der Waals surface area contributed by atoms with Crippen LogP contribution >= 0.6 is 0 Å². The quantitative estimate of drug-likeness (QED) is 0.631. The largest absolute Gasteiger partial charge is 0.751 e. The van der Waals surface area contributed by atoms with Gasteiger partial charge in [-0.2, -0.15) is 0 Å². The molecular weight excluding hydrogens is 221 g/mol. The number of benzene rings is 1. The smallest absolute Gasteiger partial charge is 0.332 e. The highest BCUT2D eigenvalue weighted by Gasteiger charge is 2.39. The van der Waals surface area contributed by atoms with Crippen LogP contribution in [0.1, 0.15) is 0 Å². The highest BCUT2D eigenvalue weighted by Crippen LogP contribution is 2.23. The lowest BCUT2D eigenvalue weighted by molar-refractivity contribution is 0.487. The maximum atomic E-state index is 12.3. The summed E-state index contributed by atoms with van der Waals surface area (Å²) in [4.78, 5) is 5.53. The normalized spacial score (nSPS) is 11.7. The van der Waals surface area contributed by atoms with Crippen LogP contribution in [-0.4, -0.2) is 14.2 Å². The lowest BCUT2D eigenvalue weighted by Gasteiger charge is -2.08.